The molecule has 0 saturated heterocycles. The number of hydrogen-bond donors (Lipinski definition) is 1. The van der Waals surface area contributed by atoms with Crippen LogP contribution in [0.5, 0.6) is 0 Å². The van der Waals surface area contributed by atoms with Crippen LogP contribution in [-0.4, -0.2) is 16.5 Å². The quantitative estimate of drug-likeness (QED) is 0.877. The largest absolute Gasteiger partial charge is 0.299 e. The van der Waals surface area contributed by atoms with Crippen molar-refractivity contribution in [3.05, 3.63) is 48.3 Å². The summed E-state index contributed by atoms with van der Waals surface area (Å²) in [7, 11) is 0. The average molecular weight is 297 g/mol. The van der Waals surface area contributed by atoms with Crippen LogP contribution in [0.3, 0.4) is 0 Å². The molecule has 2 aromatic rings. The number of nitrogens with one attached hydrogen (secondary N) is 1. The second-order valence-corrected chi connectivity index (χ2v) is 5.25. The molecule has 0 spiro atoms. The number of rotatable bonds is 3. The van der Waals surface area contributed by atoms with Crippen molar-refractivity contribution in [2.75, 3.05) is 5.43 Å². The van der Waals surface area contributed by atoms with E-state index in [0.717, 1.165) is 18.6 Å². The zero-order valence-corrected chi connectivity index (χ0v) is 12.1. The number of halogens is 1. The van der Waals surface area contributed by atoms with E-state index in [2.05, 4.69) is 15.5 Å². The van der Waals surface area contributed by atoms with Gasteiger partial charge in [-0.2, -0.15) is 5.10 Å². The van der Waals surface area contributed by atoms with Crippen molar-refractivity contribution in [2.24, 2.45) is 5.10 Å². The summed E-state index contributed by atoms with van der Waals surface area (Å²) in [6.45, 7) is 0. The summed E-state index contributed by atoms with van der Waals surface area (Å²) in [6, 6.07) is 11.8. The molecule has 22 heavy (non-hydrogen) atoms. The lowest BCUT2D eigenvalue weighted by molar-refractivity contribution is -0.118. The zero-order valence-electron chi connectivity index (χ0n) is 12.1. The highest BCUT2D eigenvalue weighted by atomic mass is 19.1. The predicted molar refractivity (Wildman–Crippen MR) is 84.2 cm³/mol. The lowest BCUT2D eigenvalue weighted by Gasteiger charge is -2.12. The Hall–Kier alpha value is -2.56. The molecule has 0 aliphatic heterocycles. The van der Waals surface area contributed by atoms with Gasteiger partial charge >= 0.3 is 0 Å². The summed E-state index contributed by atoms with van der Waals surface area (Å²) < 4.78 is 13.8. The number of ketones is 1. The van der Waals surface area contributed by atoms with E-state index in [1.165, 1.54) is 6.07 Å². The fraction of sp³-hybridized carbons (Fsp3) is 0.235. The molecule has 1 saturated carbocycles. The standard InChI is InChI=1S/C17H16FN3O/c18-15-8-2-1-7-14(15)16-9-4-10-17(19-16)21-20-12-5-3-6-13(22)11-12/h1-2,4,7-10H,3,5-6,11H2,(H,19,21). The molecule has 0 bridgehead atoms. The van der Waals surface area contributed by atoms with E-state index in [1.807, 2.05) is 0 Å². The number of Topliss-reactive ketones (excluding diaryl/α,β-unsaturated/α-hetero) is 1. The van der Waals surface area contributed by atoms with Crippen LogP contribution in [0, 0.1) is 5.82 Å². The number of hydrazone groups is 1. The molecule has 1 aliphatic rings. The molecule has 0 radical (unpaired) electrons. The second kappa shape index (κ2) is 6.47. The van der Waals surface area contributed by atoms with Crippen molar-refractivity contribution >= 4 is 17.3 Å². The van der Waals surface area contributed by atoms with Gasteiger partial charge in [-0.15, -0.1) is 0 Å². The Morgan fingerprint density at radius 2 is 1.95 bits per heavy atom. The smallest absolute Gasteiger partial charge is 0.146 e. The second-order valence-electron chi connectivity index (χ2n) is 5.25. The topological polar surface area (TPSA) is 54.4 Å². The number of benzene rings is 1. The number of nitrogens with zero attached hydrogens (tertiary/aromatic N) is 2. The summed E-state index contributed by atoms with van der Waals surface area (Å²) in [4.78, 5) is 15.8. The zero-order chi connectivity index (χ0) is 15.4. The minimum absolute atomic E-state index is 0.222. The summed E-state index contributed by atoms with van der Waals surface area (Å²) in [5.74, 6) is 0.447. The first kappa shape index (κ1) is 14.4. The van der Waals surface area contributed by atoms with Gasteiger partial charge in [0.25, 0.3) is 0 Å². The van der Waals surface area contributed by atoms with Gasteiger partial charge in [-0.05, 0) is 37.1 Å². The molecule has 1 aromatic carbocycles. The predicted octanol–water partition coefficient (Wildman–Crippen LogP) is 3.80. The van der Waals surface area contributed by atoms with Crippen LogP contribution in [0.4, 0.5) is 10.2 Å². The Balaban J connectivity index is 1.78. The molecule has 1 N–H and O–H groups in total. The van der Waals surface area contributed by atoms with E-state index in [9.17, 15) is 9.18 Å². The van der Waals surface area contributed by atoms with Crippen LogP contribution in [0.1, 0.15) is 25.7 Å². The van der Waals surface area contributed by atoms with E-state index in [-0.39, 0.29) is 11.6 Å². The normalized spacial score (nSPS) is 16.8. The highest BCUT2D eigenvalue weighted by molar-refractivity contribution is 6.04. The van der Waals surface area contributed by atoms with Crippen molar-refractivity contribution < 1.29 is 9.18 Å². The summed E-state index contributed by atoms with van der Waals surface area (Å²) in [6.07, 6.45) is 2.72. The molecule has 1 heterocycles. The molecular weight excluding hydrogens is 281 g/mol. The number of carbonyl (C=O) groups is 1. The first-order valence-electron chi connectivity index (χ1n) is 7.27. The molecule has 0 atom stereocenters. The number of aromatic nitrogens is 1. The van der Waals surface area contributed by atoms with Gasteiger partial charge in [0, 0.05) is 24.1 Å². The van der Waals surface area contributed by atoms with Crippen molar-refractivity contribution in [2.45, 2.75) is 25.7 Å². The number of anilines is 1. The maximum Gasteiger partial charge on any atom is 0.146 e. The van der Waals surface area contributed by atoms with Crippen LogP contribution in [0.15, 0.2) is 47.6 Å². The Morgan fingerprint density at radius 3 is 2.77 bits per heavy atom. The molecule has 1 aliphatic carbocycles. The van der Waals surface area contributed by atoms with Gasteiger partial charge in [0.2, 0.25) is 0 Å². The van der Waals surface area contributed by atoms with Crippen LogP contribution in [-0.2, 0) is 4.79 Å². The molecule has 112 valence electrons. The third-order valence-electron chi connectivity index (χ3n) is 3.55. The number of pyridine rings is 1. The van der Waals surface area contributed by atoms with Gasteiger partial charge in [0.05, 0.1) is 5.69 Å². The van der Waals surface area contributed by atoms with Gasteiger partial charge in [-0.1, -0.05) is 18.2 Å². The van der Waals surface area contributed by atoms with Crippen LogP contribution >= 0.6 is 0 Å². The highest BCUT2D eigenvalue weighted by Gasteiger charge is 2.14. The highest BCUT2D eigenvalue weighted by Crippen LogP contribution is 2.22. The minimum Gasteiger partial charge on any atom is -0.299 e. The van der Waals surface area contributed by atoms with E-state index in [4.69, 9.17) is 0 Å². The third-order valence-corrected chi connectivity index (χ3v) is 3.55. The fourth-order valence-electron chi connectivity index (χ4n) is 2.44. The molecular formula is C17H16FN3O. The Morgan fingerprint density at radius 1 is 1.09 bits per heavy atom. The van der Waals surface area contributed by atoms with E-state index >= 15 is 0 Å². The van der Waals surface area contributed by atoms with Gasteiger partial charge in [0.1, 0.15) is 17.4 Å². The maximum absolute atomic E-state index is 13.8. The monoisotopic (exact) mass is 297 g/mol. The molecule has 5 heteroatoms. The summed E-state index contributed by atoms with van der Waals surface area (Å²) in [5.41, 5.74) is 4.70. The van der Waals surface area contributed by atoms with Gasteiger partial charge in [-0.25, -0.2) is 9.37 Å². The molecule has 3 rings (SSSR count). The lowest BCUT2D eigenvalue weighted by atomic mass is 9.97. The maximum atomic E-state index is 13.8. The van der Waals surface area contributed by atoms with Gasteiger partial charge in [0.15, 0.2) is 0 Å². The van der Waals surface area contributed by atoms with Crippen molar-refractivity contribution in [1.29, 1.82) is 0 Å². The lowest BCUT2D eigenvalue weighted by Crippen LogP contribution is -2.15. The van der Waals surface area contributed by atoms with Gasteiger partial charge in [-0.3, -0.25) is 10.2 Å². The first-order valence-corrected chi connectivity index (χ1v) is 7.27. The Kier molecular flexibility index (Phi) is 4.23. The molecule has 0 amide bonds. The van der Waals surface area contributed by atoms with Crippen LogP contribution < -0.4 is 5.43 Å². The molecule has 1 aromatic heterocycles. The van der Waals surface area contributed by atoms with Crippen molar-refractivity contribution in [1.82, 2.24) is 4.98 Å². The van der Waals surface area contributed by atoms with Gasteiger partial charge < -0.3 is 0 Å². The average Bonchev–Trinajstić information content (AvgIpc) is 2.54. The van der Waals surface area contributed by atoms with Crippen molar-refractivity contribution in [3.8, 4) is 11.3 Å². The molecule has 0 unspecified atom stereocenters. The fourth-order valence-corrected chi connectivity index (χ4v) is 2.44. The van der Waals surface area contributed by atoms with Crippen molar-refractivity contribution in [3.63, 3.8) is 0 Å². The minimum atomic E-state index is -0.309. The molecule has 1 fully saturated rings. The van der Waals surface area contributed by atoms with Crippen LogP contribution in [0.25, 0.3) is 11.3 Å². The Bertz CT molecular complexity index is 727. The SMILES string of the molecule is O=C1CCCC(=NNc2cccc(-c3ccccc3F)n2)C1. The molecule has 4 nitrogen and oxygen atoms in total. The van der Waals surface area contributed by atoms with E-state index in [1.54, 1.807) is 36.4 Å². The van der Waals surface area contributed by atoms with E-state index < -0.39 is 0 Å². The first-order chi connectivity index (χ1) is 10.7. The summed E-state index contributed by atoms with van der Waals surface area (Å²) in [5, 5.41) is 4.25. The number of hydrogen-bond acceptors (Lipinski definition) is 4. The van der Waals surface area contributed by atoms with Crippen LogP contribution in [0.2, 0.25) is 0 Å². The Labute approximate surface area is 128 Å². The third kappa shape index (κ3) is 3.36. The van der Waals surface area contributed by atoms with E-state index in [0.29, 0.717) is 29.9 Å². The summed E-state index contributed by atoms with van der Waals surface area (Å²) >= 11 is 0. The number of carbonyl (C=O) groups excluding carboxylic acids is 1.